The Kier molecular flexibility index (Phi) is 8.04. The van der Waals surface area contributed by atoms with Gasteiger partial charge >= 0.3 is 6.09 Å². The molecule has 1 aliphatic rings. The zero-order valence-electron chi connectivity index (χ0n) is 22.8. The predicted molar refractivity (Wildman–Crippen MR) is 157 cm³/mol. The molecular weight excluding hydrogens is 506 g/mol. The van der Waals surface area contributed by atoms with E-state index < -0.39 is 23.7 Å². The number of nitrogens with two attached hydrogens (primary N) is 1. The lowest BCUT2D eigenvalue weighted by Crippen LogP contribution is -2.35. The second-order valence-corrected chi connectivity index (χ2v) is 10.7. The quantitative estimate of drug-likeness (QED) is 0.156. The SMILES string of the molecule is C=C[C@]1(CCc2ccc3ccc(NC(=O)OCCCCC)nc3c2)C[C@@H](n2ccc3c(N)ccnc32)[C@H](O)[C@@H]1O. The number of pyridine rings is 2. The van der Waals surface area contributed by atoms with Crippen molar-refractivity contribution in [3.63, 3.8) is 0 Å². The summed E-state index contributed by atoms with van der Waals surface area (Å²) in [6.45, 7) is 6.53. The number of amides is 1. The summed E-state index contributed by atoms with van der Waals surface area (Å²) >= 11 is 0. The molecule has 0 aliphatic heterocycles. The molecule has 4 atom stereocenters. The van der Waals surface area contributed by atoms with Crippen LogP contribution in [0.3, 0.4) is 0 Å². The van der Waals surface area contributed by atoms with Crippen LogP contribution in [-0.4, -0.2) is 49.7 Å². The topological polar surface area (TPSA) is 136 Å². The van der Waals surface area contributed by atoms with E-state index >= 15 is 0 Å². The van der Waals surface area contributed by atoms with Crippen LogP contribution in [-0.2, 0) is 11.2 Å². The summed E-state index contributed by atoms with van der Waals surface area (Å²) in [4.78, 5) is 21.2. The van der Waals surface area contributed by atoms with Crippen LogP contribution < -0.4 is 11.1 Å². The lowest BCUT2D eigenvalue weighted by Gasteiger charge is -2.29. The highest BCUT2D eigenvalue weighted by molar-refractivity contribution is 5.88. The van der Waals surface area contributed by atoms with Gasteiger partial charge in [0.25, 0.3) is 0 Å². The van der Waals surface area contributed by atoms with Crippen molar-refractivity contribution >= 4 is 39.5 Å². The molecule has 3 aromatic heterocycles. The first-order chi connectivity index (χ1) is 19.3. The van der Waals surface area contributed by atoms with E-state index in [-0.39, 0.29) is 6.04 Å². The Morgan fingerprint density at radius 1 is 1.25 bits per heavy atom. The maximum Gasteiger partial charge on any atom is 0.412 e. The molecule has 1 fully saturated rings. The van der Waals surface area contributed by atoms with Crippen molar-refractivity contribution in [3.8, 4) is 0 Å². The van der Waals surface area contributed by atoms with Gasteiger partial charge in [-0.15, -0.1) is 6.58 Å². The van der Waals surface area contributed by atoms with Crippen molar-refractivity contribution in [1.29, 1.82) is 0 Å². The Balaban J connectivity index is 1.30. The van der Waals surface area contributed by atoms with Crippen molar-refractivity contribution in [3.05, 3.63) is 73.1 Å². The number of unbranched alkanes of at least 4 members (excludes halogenated alkanes) is 2. The van der Waals surface area contributed by atoms with E-state index in [1.54, 1.807) is 24.4 Å². The molecular formula is C31H37N5O4. The Bertz CT molecular complexity index is 1520. The molecule has 1 aromatic carbocycles. The molecule has 0 spiro atoms. The summed E-state index contributed by atoms with van der Waals surface area (Å²) in [5.74, 6) is 0.429. The second-order valence-electron chi connectivity index (χ2n) is 10.7. The zero-order valence-corrected chi connectivity index (χ0v) is 22.8. The molecule has 5 rings (SSSR count). The highest BCUT2D eigenvalue weighted by Gasteiger charge is 2.51. The fraction of sp³-hybridized carbons (Fsp3) is 0.387. The molecule has 1 saturated carbocycles. The van der Waals surface area contributed by atoms with Crippen LogP contribution >= 0.6 is 0 Å². The Morgan fingerprint density at radius 2 is 2.08 bits per heavy atom. The molecule has 40 heavy (non-hydrogen) atoms. The van der Waals surface area contributed by atoms with Crippen LogP contribution in [0.5, 0.6) is 0 Å². The first-order valence-electron chi connectivity index (χ1n) is 13.9. The number of aromatic nitrogens is 3. The molecule has 9 nitrogen and oxygen atoms in total. The number of nitrogens with one attached hydrogen (secondary N) is 1. The van der Waals surface area contributed by atoms with Gasteiger partial charge in [0.1, 0.15) is 17.6 Å². The fourth-order valence-corrected chi connectivity index (χ4v) is 5.77. The predicted octanol–water partition coefficient (Wildman–Crippen LogP) is 5.38. The third-order valence-electron chi connectivity index (χ3n) is 8.16. The number of fused-ring (bicyclic) bond motifs is 2. The number of nitrogen functional groups attached to an aromatic ring is 1. The number of carbonyl (C=O) groups excluding carboxylic acids is 1. The maximum absolute atomic E-state index is 12.1. The van der Waals surface area contributed by atoms with E-state index in [0.717, 1.165) is 41.1 Å². The number of aryl methyl sites for hydroxylation is 1. The van der Waals surface area contributed by atoms with E-state index in [2.05, 4.69) is 28.8 Å². The number of ether oxygens (including phenoxy) is 1. The second kappa shape index (κ2) is 11.7. The van der Waals surface area contributed by atoms with Crippen LogP contribution in [0.4, 0.5) is 16.3 Å². The molecule has 0 radical (unpaired) electrons. The highest BCUT2D eigenvalue weighted by Crippen LogP contribution is 2.49. The largest absolute Gasteiger partial charge is 0.449 e. The minimum absolute atomic E-state index is 0.367. The molecule has 9 heteroatoms. The number of aliphatic hydroxyl groups is 2. The summed E-state index contributed by atoms with van der Waals surface area (Å²) in [5.41, 5.74) is 8.52. The van der Waals surface area contributed by atoms with E-state index in [1.165, 1.54) is 0 Å². The Labute approximate surface area is 233 Å². The van der Waals surface area contributed by atoms with Crippen LogP contribution in [0.15, 0.2) is 67.5 Å². The number of aliphatic hydroxyl groups excluding tert-OH is 2. The van der Waals surface area contributed by atoms with Crippen LogP contribution in [0.25, 0.3) is 21.9 Å². The van der Waals surface area contributed by atoms with Crippen molar-refractivity contribution in [2.45, 2.75) is 63.7 Å². The number of nitrogens with zero attached hydrogens (tertiary/aromatic N) is 3. The summed E-state index contributed by atoms with van der Waals surface area (Å²) < 4.78 is 7.14. The molecule has 5 N–H and O–H groups in total. The molecule has 0 saturated heterocycles. The van der Waals surface area contributed by atoms with Crippen molar-refractivity contribution < 1.29 is 19.7 Å². The minimum Gasteiger partial charge on any atom is -0.449 e. The zero-order chi connectivity index (χ0) is 28.3. The van der Waals surface area contributed by atoms with E-state index in [4.69, 9.17) is 10.5 Å². The number of carbonyl (C=O) groups is 1. The van der Waals surface area contributed by atoms with Gasteiger partial charge in [-0.3, -0.25) is 5.32 Å². The number of hydrogen-bond acceptors (Lipinski definition) is 7. The van der Waals surface area contributed by atoms with Crippen LogP contribution in [0.2, 0.25) is 0 Å². The van der Waals surface area contributed by atoms with Crippen LogP contribution in [0.1, 0.15) is 50.6 Å². The lowest BCUT2D eigenvalue weighted by atomic mass is 9.78. The van der Waals surface area contributed by atoms with Gasteiger partial charge in [-0.2, -0.15) is 0 Å². The average molecular weight is 544 g/mol. The highest BCUT2D eigenvalue weighted by atomic mass is 16.5. The molecule has 4 aromatic rings. The van der Waals surface area contributed by atoms with Gasteiger partial charge in [0.15, 0.2) is 0 Å². The number of rotatable bonds is 10. The van der Waals surface area contributed by atoms with Gasteiger partial charge in [0.05, 0.1) is 24.3 Å². The van der Waals surface area contributed by atoms with Crippen molar-refractivity contribution in [2.24, 2.45) is 5.41 Å². The molecule has 3 heterocycles. The van der Waals surface area contributed by atoms with Gasteiger partial charge in [-0.1, -0.05) is 38.0 Å². The van der Waals surface area contributed by atoms with Crippen LogP contribution in [0, 0.1) is 5.41 Å². The maximum atomic E-state index is 12.1. The van der Waals surface area contributed by atoms with E-state index in [9.17, 15) is 15.0 Å². The van der Waals surface area contributed by atoms with Gasteiger partial charge in [-0.25, -0.2) is 14.8 Å². The Morgan fingerprint density at radius 3 is 2.88 bits per heavy atom. The van der Waals surface area contributed by atoms with Crippen molar-refractivity contribution in [2.75, 3.05) is 17.7 Å². The smallest absolute Gasteiger partial charge is 0.412 e. The van der Waals surface area contributed by atoms with E-state index in [0.29, 0.717) is 43.0 Å². The van der Waals surface area contributed by atoms with E-state index in [1.807, 2.05) is 41.1 Å². The first-order valence-corrected chi connectivity index (χ1v) is 13.9. The lowest BCUT2D eigenvalue weighted by molar-refractivity contribution is -0.0143. The minimum atomic E-state index is -0.981. The average Bonchev–Trinajstić information content (AvgIpc) is 3.50. The Hall–Kier alpha value is -3.95. The normalized spacial score (nSPS) is 22.5. The number of anilines is 2. The molecule has 0 unspecified atom stereocenters. The third-order valence-corrected chi connectivity index (χ3v) is 8.16. The third kappa shape index (κ3) is 5.39. The summed E-state index contributed by atoms with van der Waals surface area (Å²) in [7, 11) is 0. The monoisotopic (exact) mass is 543 g/mol. The van der Waals surface area contributed by atoms with Gasteiger partial charge in [0.2, 0.25) is 0 Å². The first kappa shape index (κ1) is 27.6. The van der Waals surface area contributed by atoms with Gasteiger partial charge < -0.3 is 25.3 Å². The molecule has 0 bridgehead atoms. The van der Waals surface area contributed by atoms with Gasteiger partial charge in [-0.05, 0) is 61.6 Å². The van der Waals surface area contributed by atoms with Gasteiger partial charge in [0, 0.05) is 34.3 Å². The number of hydrogen-bond donors (Lipinski definition) is 4. The molecule has 1 amide bonds. The number of benzene rings is 1. The summed E-state index contributed by atoms with van der Waals surface area (Å²) in [6.07, 6.45) is 7.50. The molecule has 1 aliphatic carbocycles. The van der Waals surface area contributed by atoms with Crippen molar-refractivity contribution in [1.82, 2.24) is 14.5 Å². The summed E-state index contributed by atoms with van der Waals surface area (Å²) in [5, 5.41) is 26.8. The summed E-state index contributed by atoms with van der Waals surface area (Å²) in [6, 6.07) is 13.0. The standard InChI is InChI=1S/C31H37N5O4/c1-3-5-6-17-40-30(39)35-26-10-9-21-8-7-20(18-24(21)34-26)11-14-31(4-2)19-25(27(37)28(31)38)36-16-13-22-23(32)12-15-33-29(22)36/h4,7-10,12-13,15-16,18,25,27-28,37-38H,2-3,5-6,11,14,17,19H2,1H3,(H2,32,33)(H,34,35,39)/t25-,27+,28+,31+/m1/s1. The molecule has 210 valence electrons. The fourth-order valence-electron chi connectivity index (χ4n) is 5.77.